The van der Waals surface area contributed by atoms with Crippen LogP contribution in [0.3, 0.4) is 0 Å². The van der Waals surface area contributed by atoms with Crippen molar-refractivity contribution < 1.29 is 9.90 Å². The van der Waals surface area contributed by atoms with Gasteiger partial charge in [0.2, 0.25) is 5.91 Å². The fourth-order valence-electron chi connectivity index (χ4n) is 3.84. The van der Waals surface area contributed by atoms with Crippen LogP contribution < -0.4 is 10.6 Å². The number of hydrogen-bond donors (Lipinski definition) is 3. The van der Waals surface area contributed by atoms with Gasteiger partial charge in [0.05, 0.1) is 12.6 Å². The number of unbranched alkanes of at least 4 members (excludes halogenated alkanes) is 1. The van der Waals surface area contributed by atoms with Crippen molar-refractivity contribution in [1.82, 2.24) is 15.5 Å². The van der Waals surface area contributed by atoms with Gasteiger partial charge >= 0.3 is 0 Å². The Kier molecular flexibility index (Phi) is 9.66. The highest BCUT2D eigenvalue weighted by Gasteiger charge is 2.42. The van der Waals surface area contributed by atoms with Crippen LogP contribution >= 0.6 is 0 Å². The number of rotatable bonds is 10. The number of likely N-dealkylation sites (N-methyl/N-ethyl adjacent to an activating group) is 1. The van der Waals surface area contributed by atoms with Crippen molar-refractivity contribution in [2.24, 2.45) is 11.3 Å². The van der Waals surface area contributed by atoms with E-state index in [1.54, 1.807) is 0 Å². The number of nitrogens with one attached hydrogen (secondary N) is 2. The third-order valence-corrected chi connectivity index (χ3v) is 5.30. The summed E-state index contributed by atoms with van der Waals surface area (Å²) in [6.07, 6.45) is 7.43. The highest BCUT2D eigenvalue weighted by Crippen LogP contribution is 2.31. The highest BCUT2D eigenvalue weighted by molar-refractivity contribution is 5.83. The van der Waals surface area contributed by atoms with Gasteiger partial charge in [-0.15, -0.1) is 0 Å². The Hall–Kier alpha value is -1.07. The molecule has 1 saturated heterocycles. The number of likely N-dealkylation sites (tertiary alicyclic amines) is 1. The van der Waals surface area contributed by atoms with Crippen molar-refractivity contribution in [3.63, 3.8) is 0 Å². The maximum atomic E-state index is 13.4. The fourth-order valence-corrected chi connectivity index (χ4v) is 3.84. The zero-order valence-corrected chi connectivity index (χ0v) is 17.8. The highest BCUT2D eigenvalue weighted by atomic mass is 16.3. The zero-order valence-electron chi connectivity index (χ0n) is 17.8. The standard InChI is InChI=1S/C21H41N3O2/c1-7-9-11-17(14-22-6)23-19(21(3,4)5)20(26)24-13-12-16(10-8-2)18(24)15-25/h11,16,18-19,22-23,25H,7-10,12-15H2,1-6H3/b17-11+/t16-,18?,19?/m0/s1. The normalized spacial score (nSPS) is 22.6. The maximum absolute atomic E-state index is 13.4. The first-order valence-corrected chi connectivity index (χ1v) is 10.3. The second-order valence-corrected chi connectivity index (χ2v) is 8.61. The van der Waals surface area contributed by atoms with Crippen molar-refractivity contribution in [3.05, 3.63) is 11.8 Å². The number of amides is 1. The summed E-state index contributed by atoms with van der Waals surface area (Å²) < 4.78 is 0. The van der Waals surface area contributed by atoms with E-state index in [0.717, 1.165) is 50.9 Å². The average Bonchev–Trinajstić information content (AvgIpc) is 2.98. The molecule has 1 rings (SSSR count). The lowest BCUT2D eigenvalue weighted by molar-refractivity contribution is -0.138. The maximum Gasteiger partial charge on any atom is 0.245 e. The summed E-state index contributed by atoms with van der Waals surface area (Å²) in [5, 5.41) is 16.6. The SMILES string of the molecule is CCC/C=C(\CNC)NC(C(=O)N1CC[C@H](CCC)C1CO)C(C)(C)C. The lowest BCUT2D eigenvalue weighted by atomic mass is 9.85. The number of carbonyl (C=O) groups excluding carboxylic acids is 1. The molecule has 0 aromatic carbocycles. The number of hydrogen-bond acceptors (Lipinski definition) is 4. The molecule has 1 heterocycles. The van der Waals surface area contributed by atoms with Crippen LogP contribution in [0.2, 0.25) is 0 Å². The molecule has 1 fully saturated rings. The molecule has 26 heavy (non-hydrogen) atoms. The molecule has 5 heteroatoms. The molecule has 0 aromatic rings. The van der Waals surface area contributed by atoms with Gasteiger partial charge in [0.25, 0.3) is 0 Å². The summed E-state index contributed by atoms with van der Waals surface area (Å²) >= 11 is 0. The van der Waals surface area contributed by atoms with Crippen molar-refractivity contribution in [2.45, 2.75) is 78.8 Å². The van der Waals surface area contributed by atoms with E-state index in [1.165, 1.54) is 0 Å². The van der Waals surface area contributed by atoms with Gasteiger partial charge in [0, 0.05) is 18.8 Å². The Morgan fingerprint density at radius 1 is 1.31 bits per heavy atom. The minimum absolute atomic E-state index is 0.0403. The van der Waals surface area contributed by atoms with Crippen LogP contribution in [0.5, 0.6) is 0 Å². The molecule has 0 saturated carbocycles. The molecule has 1 amide bonds. The average molecular weight is 368 g/mol. The van der Waals surface area contributed by atoms with Crippen molar-refractivity contribution in [3.8, 4) is 0 Å². The second-order valence-electron chi connectivity index (χ2n) is 8.61. The molecule has 5 nitrogen and oxygen atoms in total. The van der Waals surface area contributed by atoms with Crippen LogP contribution in [-0.4, -0.2) is 54.7 Å². The van der Waals surface area contributed by atoms with Gasteiger partial charge < -0.3 is 20.6 Å². The molecule has 2 unspecified atom stereocenters. The van der Waals surface area contributed by atoms with E-state index >= 15 is 0 Å². The minimum atomic E-state index is -0.298. The van der Waals surface area contributed by atoms with Crippen LogP contribution in [0.1, 0.15) is 66.7 Å². The quantitative estimate of drug-likeness (QED) is 0.555. The molecule has 152 valence electrons. The van der Waals surface area contributed by atoms with Gasteiger partial charge in [0.15, 0.2) is 0 Å². The summed E-state index contributed by atoms with van der Waals surface area (Å²) in [6, 6.07) is -0.338. The number of nitrogens with zero attached hydrogens (tertiary/aromatic N) is 1. The van der Waals surface area contributed by atoms with Crippen LogP contribution in [0.25, 0.3) is 0 Å². The Morgan fingerprint density at radius 2 is 2.00 bits per heavy atom. The fraction of sp³-hybridized carbons (Fsp3) is 0.857. The van der Waals surface area contributed by atoms with E-state index in [2.05, 4.69) is 51.3 Å². The summed E-state index contributed by atoms with van der Waals surface area (Å²) in [4.78, 5) is 15.4. The molecule has 0 aromatic heterocycles. The lowest BCUT2D eigenvalue weighted by Gasteiger charge is -2.37. The van der Waals surface area contributed by atoms with Crippen molar-refractivity contribution in [2.75, 3.05) is 26.7 Å². The third-order valence-electron chi connectivity index (χ3n) is 5.30. The predicted molar refractivity (Wildman–Crippen MR) is 109 cm³/mol. The topological polar surface area (TPSA) is 64.6 Å². The monoisotopic (exact) mass is 367 g/mol. The van der Waals surface area contributed by atoms with E-state index in [4.69, 9.17) is 0 Å². The van der Waals surface area contributed by atoms with Gasteiger partial charge in [-0.25, -0.2) is 0 Å². The number of aliphatic hydroxyl groups excluding tert-OH is 1. The van der Waals surface area contributed by atoms with Gasteiger partial charge in [0.1, 0.15) is 6.04 Å². The molecule has 0 spiro atoms. The molecule has 1 aliphatic rings. The molecule has 1 aliphatic heterocycles. The third kappa shape index (κ3) is 6.27. The Balaban J connectivity index is 3.00. The van der Waals surface area contributed by atoms with Gasteiger partial charge in [-0.1, -0.05) is 53.5 Å². The first-order valence-electron chi connectivity index (χ1n) is 10.3. The summed E-state index contributed by atoms with van der Waals surface area (Å²) in [5.74, 6) is 0.538. The van der Waals surface area contributed by atoms with E-state index in [1.807, 2.05) is 11.9 Å². The molecule has 3 atom stereocenters. The lowest BCUT2D eigenvalue weighted by Crippen LogP contribution is -2.55. The number of allylic oxidation sites excluding steroid dienone is 1. The second kappa shape index (κ2) is 10.9. The first kappa shape index (κ1) is 23.0. The molecule has 0 aliphatic carbocycles. The van der Waals surface area contributed by atoms with Gasteiger partial charge in [-0.05, 0) is 37.6 Å². The number of carbonyl (C=O) groups is 1. The summed E-state index contributed by atoms with van der Waals surface area (Å²) in [7, 11) is 1.92. The van der Waals surface area contributed by atoms with Crippen molar-refractivity contribution in [1.29, 1.82) is 0 Å². The Morgan fingerprint density at radius 3 is 2.50 bits per heavy atom. The van der Waals surface area contributed by atoms with Crippen LogP contribution in [0.15, 0.2) is 11.8 Å². The zero-order chi connectivity index (χ0) is 19.7. The van der Waals surface area contributed by atoms with Crippen LogP contribution in [0, 0.1) is 11.3 Å². The van der Waals surface area contributed by atoms with Crippen LogP contribution in [0.4, 0.5) is 0 Å². The first-order chi connectivity index (χ1) is 12.3. The van der Waals surface area contributed by atoms with Crippen molar-refractivity contribution >= 4 is 5.91 Å². The van der Waals surface area contributed by atoms with E-state index in [-0.39, 0.29) is 30.0 Å². The Labute approximate surface area is 160 Å². The minimum Gasteiger partial charge on any atom is -0.394 e. The molecule has 3 N–H and O–H groups in total. The van der Waals surface area contributed by atoms with E-state index in [0.29, 0.717) is 5.92 Å². The molecule has 0 radical (unpaired) electrons. The van der Waals surface area contributed by atoms with Gasteiger partial charge in [-0.2, -0.15) is 0 Å². The predicted octanol–water partition coefficient (Wildman–Crippen LogP) is 2.90. The molecule has 0 bridgehead atoms. The Bertz CT molecular complexity index is 457. The largest absolute Gasteiger partial charge is 0.394 e. The van der Waals surface area contributed by atoms with E-state index in [9.17, 15) is 9.90 Å². The summed E-state index contributed by atoms with van der Waals surface area (Å²) in [6.45, 7) is 12.2. The van der Waals surface area contributed by atoms with E-state index < -0.39 is 0 Å². The molecular weight excluding hydrogens is 326 g/mol. The molecular formula is C21H41N3O2. The van der Waals surface area contributed by atoms with Crippen LogP contribution in [-0.2, 0) is 4.79 Å². The summed E-state index contributed by atoms with van der Waals surface area (Å²) in [5.41, 5.74) is 0.867. The number of aliphatic hydroxyl groups is 1. The smallest absolute Gasteiger partial charge is 0.245 e. The van der Waals surface area contributed by atoms with Gasteiger partial charge in [-0.3, -0.25) is 4.79 Å².